The summed E-state index contributed by atoms with van der Waals surface area (Å²) >= 11 is 0. The van der Waals surface area contributed by atoms with Gasteiger partial charge >= 0.3 is 0 Å². The molecule has 1 atom stereocenters. The molecule has 3 rings (SSSR count). The molecule has 0 aliphatic carbocycles. The molecule has 2 heterocycles. The van der Waals surface area contributed by atoms with E-state index in [1.165, 1.54) is 10.4 Å². The summed E-state index contributed by atoms with van der Waals surface area (Å²) in [5, 5.41) is 0. The van der Waals surface area contributed by atoms with Gasteiger partial charge in [-0.2, -0.15) is 4.31 Å². The van der Waals surface area contributed by atoms with Gasteiger partial charge in [-0.15, -0.1) is 0 Å². The van der Waals surface area contributed by atoms with Gasteiger partial charge in [-0.1, -0.05) is 6.42 Å². The molecule has 2 aliphatic heterocycles. The molecule has 1 fully saturated rings. The van der Waals surface area contributed by atoms with Gasteiger partial charge < -0.3 is 10.5 Å². The van der Waals surface area contributed by atoms with Crippen LogP contribution in [0.1, 0.15) is 24.8 Å². The van der Waals surface area contributed by atoms with Crippen LogP contribution < -0.4 is 10.5 Å². The Morgan fingerprint density at radius 2 is 2.14 bits per heavy atom. The standard InChI is InChI=1S/C14H18N2O4S/c15-14(17)12-3-1-2-7-16(12)21(18,19)11-4-5-13-10(9-11)6-8-20-13/h4-5,9,12H,1-3,6-8H2,(H2,15,17). The Morgan fingerprint density at radius 1 is 1.33 bits per heavy atom. The van der Waals surface area contributed by atoms with Crippen LogP contribution in [0.3, 0.4) is 0 Å². The number of nitrogens with two attached hydrogens (primary N) is 1. The first kappa shape index (κ1) is 14.3. The second kappa shape index (κ2) is 5.31. The van der Waals surface area contributed by atoms with Crippen LogP contribution in [0.5, 0.6) is 5.75 Å². The van der Waals surface area contributed by atoms with Crippen LogP contribution in [-0.2, 0) is 21.2 Å². The van der Waals surface area contributed by atoms with Crippen molar-refractivity contribution in [1.82, 2.24) is 4.31 Å². The fourth-order valence-corrected chi connectivity index (χ4v) is 4.65. The molecule has 1 unspecified atom stereocenters. The highest BCUT2D eigenvalue weighted by Gasteiger charge is 2.36. The minimum Gasteiger partial charge on any atom is -0.493 e. The highest BCUT2D eigenvalue weighted by molar-refractivity contribution is 7.89. The van der Waals surface area contributed by atoms with Crippen molar-refractivity contribution in [3.8, 4) is 5.75 Å². The molecule has 7 heteroatoms. The van der Waals surface area contributed by atoms with Gasteiger partial charge in [0.05, 0.1) is 11.5 Å². The van der Waals surface area contributed by atoms with Crippen molar-refractivity contribution < 1.29 is 17.9 Å². The number of nitrogens with zero attached hydrogens (tertiary/aromatic N) is 1. The molecule has 1 aromatic rings. The molecule has 21 heavy (non-hydrogen) atoms. The lowest BCUT2D eigenvalue weighted by Crippen LogP contribution is -2.50. The summed E-state index contributed by atoms with van der Waals surface area (Å²) < 4.78 is 32.2. The maximum Gasteiger partial charge on any atom is 0.243 e. The Balaban J connectivity index is 1.97. The number of sulfonamides is 1. The quantitative estimate of drug-likeness (QED) is 0.887. The zero-order chi connectivity index (χ0) is 15.0. The summed E-state index contributed by atoms with van der Waals surface area (Å²) in [7, 11) is -3.70. The summed E-state index contributed by atoms with van der Waals surface area (Å²) in [5.74, 6) is 0.154. The lowest BCUT2D eigenvalue weighted by molar-refractivity contribution is -0.122. The zero-order valence-electron chi connectivity index (χ0n) is 11.6. The number of hydrogen-bond donors (Lipinski definition) is 1. The fraction of sp³-hybridized carbons (Fsp3) is 0.500. The maximum atomic E-state index is 12.8. The van der Waals surface area contributed by atoms with E-state index in [0.717, 1.165) is 24.2 Å². The number of benzene rings is 1. The molecule has 1 aromatic carbocycles. The monoisotopic (exact) mass is 310 g/mol. The van der Waals surface area contributed by atoms with E-state index in [9.17, 15) is 13.2 Å². The predicted octanol–water partition coefficient (Wildman–Crippen LogP) is 0.650. The number of carbonyl (C=O) groups is 1. The Hall–Kier alpha value is -1.60. The van der Waals surface area contributed by atoms with Crippen molar-refractivity contribution in [1.29, 1.82) is 0 Å². The molecule has 2 N–H and O–H groups in total. The number of fused-ring (bicyclic) bond motifs is 1. The SMILES string of the molecule is NC(=O)C1CCCCN1S(=O)(=O)c1ccc2c(c1)CCO2. The van der Waals surface area contributed by atoms with Crippen molar-refractivity contribution in [2.24, 2.45) is 5.73 Å². The Bertz CT molecular complexity index is 672. The van der Waals surface area contributed by atoms with Crippen molar-refractivity contribution in [2.45, 2.75) is 36.6 Å². The van der Waals surface area contributed by atoms with Crippen molar-refractivity contribution in [3.63, 3.8) is 0 Å². The number of piperidine rings is 1. The Kier molecular flexibility index (Phi) is 3.62. The molecule has 0 radical (unpaired) electrons. The fourth-order valence-electron chi connectivity index (χ4n) is 2.94. The summed E-state index contributed by atoms with van der Waals surface area (Å²) in [5.41, 5.74) is 6.25. The van der Waals surface area contributed by atoms with Crippen LogP contribution in [0.4, 0.5) is 0 Å². The molecule has 6 nitrogen and oxygen atoms in total. The largest absolute Gasteiger partial charge is 0.493 e. The lowest BCUT2D eigenvalue weighted by atomic mass is 10.0. The summed E-state index contributed by atoms with van der Waals surface area (Å²) in [4.78, 5) is 11.7. The van der Waals surface area contributed by atoms with Crippen molar-refractivity contribution in [2.75, 3.05) is 13.2 Å². The van der Waals surface area contributed by atoms with E-state index in [1.807, 2.05) is 0 Å². The van der Waals surface area contributed by atoms with Crippen LogP contribution in [0.2, 0.25) is 0 Å². The maximum absolute atomic E-state index is 12.8. The number of primary amides is 1. The highest BCUT2D eigenvalue weighted by atomic mass is 32.2. The minimum absolute atomic E-state index is 0.208. The Labute approximate surface area is 123 Å². The van der Waals surface area contributed by atoms with Crippen LogP contribution in [0.15, 0.2) is 23.1 Å². The lowest BCUT2D eigenvalue weighted by Gasteiger charge is -2.32. The predicted molar refractivity (Wildman–Crippen MR) is 76.4 cm³/mol. The first-order chi connectivity index (χ1) is 10.00. The molecule has 114 valence electrons. The van der Waals surface area contributed by atoms with Gasteiger partial charge in [0.15, 0.2) is 0 Å². The average molecular weight is 310 g/mol. The average Bonchev–Trinajstić information content (AvgIpc) is 2.94. The molecular formula is C14H18N2O4S. The minimum atomic E-state index is -3.70. The van der Waals surface area contributed by atoms with E-state index in [1.54, 1.807) is 12.1 Å². The number of hydrogen-bond acceptors (Lipinski definition) is 4. The summed E-state index contributed by atoms with van der Waals surface area (Å²) in [6, 6.07) is 4.11. The van der Waals surface area contributed by atoms with Crippen LogP contribution >= 0.6 is 0 Å². The molecule has 0 saturated carbocycles. The Morgan fingerprint density at radius 3 is 2.90 bits per heavy atom. The molecule has 0 bridgehead atoms. The highest BCUT2D eigenvalue weighted by Crippen LogP contribution is 2.31. The molecule has 0 spiro atoms. The third-order valence-corrected chi connectivity index (χ3v) is 5.95. The van der Waals surface area contributed by atoms with E-state index in [-0.39, 0.29) is 4.90 Å². The van der Waals surface area contributed by atoms with E-state index in [2.05, 4.69) is 0 Å². The third-order valence-electron chi connectivity index (χ3n) is 4.05. The molecule has 1 amide bonds. The van der Waals surface area contributed by atoms with Crippen molar-refractivity contribution in [3.05, 3.63) is 23.8 Å². The third kappa shape index (κ3) is 2.51. The number of rotatable bonds is 3. The molecule has 2 aliphatic rings. The van der Waals surface area contributed by atoms with Gasteiger partial charge in [-0.3, -0.25) is 4.79 Å². The second-order valence-electron chi connectivity index (χ2n) is 5.40. The first-order valence-corrected chi connectivity index (χ1v) is 8.51. The van der Waals surface area contributed by atoms with Gasteiger partial charge in [0.2, 0.25) is 15.9 Å². The normalized spacial score (nSPS) is 22.6. The number of amides is 1. The van der Waals surface area contributed by atoms with E-state index < -0.39 is 22.0 Å². The summed E-state index contributed by atoms with van der Waals surface area (Å²) in [6.07, 6.45) is 2.76. The molecular weight excluding hydrogens is 292 g/mol. The number of ether oxygens (including phenoxy) is 1. The van der Waals surface area contributed by atoms with Crippen LogP contribution in [-0.4, -0.2) is 37.8 Å². The molecule has 0 aromatic heterocycles. The molecule has 1 saturated heterocycles. The first-order valence-electron chi connectivity index (χ1n) is 7.07. The zero-order valence-corrected chi connectivity index (χ0v) is 12.4. The van der Waals surface area contributed by atoms with Gasteiger partial charge in [-0.25, -0.2) is 8.42 Å². The topological polar surface area (TPSA) is 89.7 Å². The smallest absolute Gasteiger partial charge is 0.243 e. The summed E-state index contributed by atoms with van der Waals surface area (Å²) in [6.45, 7) is 0.913. The van der Waals surface area contributed by atoms with Gasteiger partial charge in [0, 0.05) is 13.0 Å². The van der Waals surface area contributed by atoms with Crippen LogP contribution in [0.25, 0.3) is 0 Å². The van der Waals surface area contributed by atoms with Gasteiger partial charge in [0.25, 0.3) is 0 Å². The second-order valence-corrected chi connectivity index (χ2v) is 7.29. The van der Waals surface area contributed by atoms with Gasteiger partial charge in [0.1, 0.15) is 11.8 Å². The van der Waals surface area contributed by atoms with Gasteiger partial charge in [-0.05, 0) is 36.6 Å². The number of carbonyl (C=O) groups excluding carboxylic acids is 1. The van der Waals surface area contributed by atoms with E-state index in [4.69, 9.17) is 10.5 Å². The van der Waals surface area contributed by atoms with E-state index in [0.29, 0.717) is 26.0 Å². The van der Waals surface area contributed by atoms with Crippen LogP contribution in [0, 0.1) is 0 Å². The van der Waals surface area contributed by atoms with Crippen molar-refractivity contribution >= 4 is 15.9 Å². The van der Waals surface area contributed by atoms with E-state index >= 15 is 0 Å².